The highest BCUT2D eigenvalue weighted by atomic mass is 19.1. The number of hydrogen-bond acceptors (Lipinski definition) is 9. The van der Waals surface area contributed by atoms with Crippen LogP contribution in [0.1, 0.15) is 10.4 Å². The lowest BCUT2D eigenvalue weighted by atomic mass is 9.97. The summed E-state index contributed by atoms with van der Waals surface area (Å²) < 4.78 is 36.8. The lowest BCUT2D eigenvalue weighted by Crippen LogP contribution is -2.64. The molecule has 3 rings (SSSR count). The van der Waals surface area contributed by atoms with E-state index in [9.17, 15) is 38.8 Å². The van der Waals surface area contributed by atoms with E-state index in [-0.39, 0.29) is 5.39 Å². The van der Waals surface area contributed by atoms with Gasteiger partial charge in [-0.05, 0) is 12.1 Å². The molecule has 1 amide bonds. The minimum absolute atomic E-state index is 0.348. The first kappa shape index (κ1) is 20.1. The van der Waals surface area contributed by atoms with Crippen LogP contribution in [0.2, 0.25) is 0 Å². The highest BCUT2D eigenvalue weighted by Crippen LogP contribution is 2.28. The Balaban J connectivity index is 1.92. The summed E-state index contributed by atoms with van der Waals surface area (Å²) in [6.45, 7) is -0.714. The third-order valence-corrected chi connectivity index (χ3v) is 4.33. The molecule has 6 N–H and O–H groups in total. The van der Waals surface area contributed by atoms with E-state index in [1.807, 2.05) is 0 Å². The predicted molar refractivity (Wildman–Crippen MR) is 85.3 cm³/mol. The fourth-order valence-corrected chi connectivity index (χ4v) is 2.82. The van der Waals surface area contributed by atoms with Crippen LogP contribution < -0.4 is 10.9 Å². The number of phenols is 1. The zero-order chi connectivity index (χ0) is 20.7. The molecule has 1 aromatic carbocycles. The Kier molecular flexibility index (Phi) is 5.32. The maximum atomic E-state index is 13.8. The summed E-state index contributed by atoms with van der Waals surface area (Å²) in [4.78, 5) is 24.3. The van der Waals surface area contributed by atoms with Gasteiger partial charge in [0.15, 0.2) is 23.4 Å². The van der Waals surface area contributed by atoms with E-state index in [0.29, 0.717) is 6.07 Å². The molecular weight excluding hydrogens is 388 g/mol. The molecular formula is C16H15F2NO9. The molecule has 3 unspecified atom stereocenters. The smallest absolute Gasteiger partial charge is 0.349 e. The van der Waals surface area contributed by atoms with Crippen LogP contribution in [0.5, 0.6) is 5.75 Å². The van der Waals surface area contributed by atoms with Gasteiger partial charge in [0, 0.05) is 5.39 Å². The Bertz CT molecular complexity index is 979. The van der Waals surface area contributed by atoms with Crippen molar-refractivity contribution in [2.24, 2.45) is 0 Å². The molecule has 0 radical (unpaired) electrons. The number of amides is 1. The van der Waals surface area contributed by atoms with Crippen LogP contribution in [-0.2, 0) is 4.74 Å². The number of fused-ring (bicyclic) bond motifs is 1. The molecule has 1 aliphatic rings. The molecule has 1 aliphatic heterocycles. The first-order valence-corrected chi connectivity index (χ1v) is 7.92. The monoisotopic (exact) mass is 403 g/mol. The standard InChI is InChI=1S/C16H15F2NO9/c17-6-2-4-1-5(15(25)28-13(4)8(18)10(6)21)14(24)19-9-12(23)11(22)7(3-20)27-16(9)26/h1-2,7,9,11-12,16,20-23,26H,3H2,(H,19,24)/t7?,9-,11-,12?,16?/m1/s1. The van der Waals surface area contributed by atoms with Crippen LogP contribution >= 0.6 is 0 Å². The van der Waals surface area contributed by atoms with Crippen molar-refractivity contribution in [1.29, 1.82) is 0 Å². The number of nitrogens with one attached hydrogen (secondary N) is 1. The fourth-order valence-electron chi connectivity index (χ4n) is 2.82. The van der Waals surface area contributed by atoms with Crippen LogP contribution in [0.15, 0.2) is 21.3 Å². The van der Waals surface area contributed by atoms with Crippen molar-refractivity contribution in [3.05, 3.63) is 39.8 Å². The van der Waals surface area contributed by atoms with Gasteiger partial charge in [-0.2, -0.15) is 4.39 Å². The summed E-state index contributed by atoms with van der Waals surface area (Å²) in [6, 6.07) is -0.165. The van der Waals surface area contributed by atoms with E-state index in [0.717, 1.165) is 6.07 Å². The van der Waals surface area contributed by atoms with Gasteiger partial charge in [-0.1, -0.05) is 0 Å². The number of aliphatic hydroxyl groups is 4. The Hall–Kier alpha value is -2.64. The van der Waals surface area contributed by atoms with Gasteiger partial charge in [-0.3, -0.25) is 4.79 Å². The minimum Gasteiger partial charge on any atom is -0.503 e. The maximum absolute atomic E-state index is 13.8. The van der Waals surface area contributed by atoms with Crippen molar-refractivity contribution in [2.45, 2.75) is 30.6 Å². The van der Waals surface area contributed by atoms with Crippen LogP contribution in [0.25, 0.3) is 11.0 Å². The molecule has 0 spiro atoms. The number of ether oxygens (including phenoxy) is 1. The van der Waals surface area contributed by atoms with Gasteiger partial charge in [0.25, 0.3) is 5.91 Å². The molecule has 10 nitrogen and oxygen atoms in total. The Morgan fingerprint density at radius 2 is 1.86 bits per heavy atom. The SMILES string of the molecule is O=C(N[C@H]1C(O)OC(CO)[C@@H](O)C1O)c1cc2cc(F)c(O)c(F)c2oc1=O. The number of carbonyl (C=O) groups is 1. The van der Waals surface area contributed by atoms with Gasteiger partial charge < -0.3 is 40.0 Å². The fraction of sp³-hybridized carbons (Fsp3) is 0.375. The second-order valence-corrected chi connectivity index (χ2v) is 6.11. The molecule has 2 heterocycles. The lowest BCUT2D eigenvalue weighted by Gasteiger charge is -2.40. The summed E-state index contributed by atoms with van der Waals surface area (Å²) in [5.41, 5.74) is -2.85. The lowest BCUT2D eigenvalue weighted by molar-refractivity contribution is -0.252. The molecule has 1 aromatic heterocycles. The van der Waals surface area contributed by atoms with Crippen LogP contribution in [-0.4, -0.2) is 68.7 Å². The van der Waals surface area contributed by atoms with Gasteiger partial charge in [0.1, 0.15) is 29.9 Å². The zero-order valence-corrected chi connectivity index (χ0v) is 13.9. The normalized spacial score (nSPS) is 27.7. The molecule has 0 bridgehead atoms. The molecule has 2 aromatic rings. The van der Waals surface area contributed by atoms with Crippen LogP contribution in [0, 0.1) is 11.6 Å². The average Bonchev–Trinajstić information content (AvgIpc) is 2.66. The van der Waals surface area contributed by atoms with E-state index in [2.05, 4.69) is 9.73 Å². The van der Waals surface area contributed by atoms with E-state index >= 15 is 0 Å². The number of phenolic OH excluding ortho intramolecular Hbond substituents is 1. The number of hydrogen-bond donors (Lipinski definition) is 6. The predicted octanol–water partition coefficient (Wildman–Crippen LogP) is -1.69. The summed E-state index contributed by atoms with van der Waals surface area (Å²) in [5, 5.41) is 49.6. The van der Waals surface area contributed by atoms with E-state index in [1.165, 1.54) is 0 Å². The Morgan fingerprint density at radius 1 is 1.18 bits per heavy atom. The molecule has 1 saturated heterocycles. The van der Waals surface area contributed by atoms with Crippen LogP contribution in [0.3, 0.4) is 0 Å². The average molecular weight is 403 g/mol. The van der Waals surface area contributed by atoms with E-state index < -0.39 is 77.3 Å². The van der Waals surface area contributed by atoms with Crippen molar-refractivity contribution in [1.82, 2.24) is 5.32 Å². The van der Waals surface area contributed by atoms with E-state index in [4.69, 9.17) is 9.84 Å². The second-order valence-electron chi connectivity index (χ2n) is 6.11. The van der Waals surface area contributed by atoms with Crippen molar-refractivity contribution >= 4 is 16.9 Å². The van der Waals surface area contributed by atoms with Crippen molar-refractivity contribution in [3.63, 3.8) is 0 Å². The van der Waals surface area contributed by atoms with Crippen molar-refractivity contribution < 1.29 is 48.3 Å². The Labute approximate surface area is 154 Å². The second kappa shape index (κ2) is 7.41. The largest absolute Gasteiger partial charge is 0.503 e. The summed E-state index contributed by atoms with van der Waals surface area (Å²) in [7, 11) is 0. The van der Waals surface area contributed by atoms with E-state index in [1.54, 1.807) is 0 Å². The topological polar surface area (TPSA) is 170 Å². The van der Waals surface area contributed by atoms with Crippen molar-refractivity contribution in [2.75, 3.05) is 6.61 Å². The quantitative estimate of drug-likeness (QED) is 0.327. The number of halogens is 2. The molecule has 0 saturated carbocycles. The number of aliphatic hydroxyl groups excluding tert-OH is 4. The minimum atomic E-state index is -1.83. The van der Waals surface area contributed by atoms with Crippen LogP contribution in [0.4, 0.5) is 8.78 Å². The van der Waals surface area contributed by atoms with Gasteiger partial charge in [-0.15, -0.1) is 0 Å². The molecule has 12 heteroatoms. The third kappa shape index (κ3) is 3.31. The zero-order valence-electron chi connectivity index (χ0n) is 13.9. The molecule has 1 fully saturated rings. The number of carbonyl (C=O) groups excluding carboxylic acids is 1. The number of benzene rings is 1. The third-order valence-electron chi connectivity index (χ3n) is 4.33. The maximum Gasteiger partial charge on any atom is 0.349 e. The van der Waals surface area contributed by atoms with Gasteiger partial charge in [0.2, 0.25) is 5.82 Å². The summed E-state index contributed by atoms with van der Waals surface area (Å²) in [5.74, 6) is -5.43. The highest BCUT2D eigenvalue weighted by Gasteiger charge is 2.44. The molecule has 5 atom stereocenters. The van der Waals surface area contributed by atoms with Gasteiger partial charge in [-0.25, -0.2) is 9.18 Å². The highest BCUT2D eigenvalue weighted by molar-refractivity contribution is 5.97. The number of aromatic hydroxyl groups is 1. The first-order valence-electron chi connectivity index (χ1n) is 7.92. The summed E-state index contributed by atoms with van der Waals surface area (Å²) in [6.07, 6.45) is -6.55. The van der Waals surface area contributed by atoms with Gasteiger partial charge >= 0.3 is 5.63 Å². The molecule has 0 aliphatic carbocycles. The molecule has 152 valence electrons. The molecule has 28 heavy (non-hydrogen) atoms. The van der Waals surface area contributed by atoms with Gasteiger partial charge in [0.05, 0.1) is 6.61 Å². The Morgan fingerprint density at radius 3 is 2.50 bits per heavy atom. The van der Waals surface area contributed by atoms with Crippen molar-refractivity contribution in [3.8, 4) is 5.75 Å². The summed E-state index contributed by atoms with van der Waals surface area (Å²) >= 11 is 0. The first-order chi connectivity index (χ1) is 13.1. The number of rotatable bonds is 3.